The van der Waals surface area contributed by atoms with Crippen molar-refractivity contribution in [1.29, 1.82) is 0 Å². The van der Waals surface area contributed by atoms with Gasteiger partial charge in [-0.1, -0.05) is 17.7 Å². The minimum absolute atomic E-state index is 0.0519. The Morgan fingerprint density at radius 2 is 1.88 bits per heavy atom. The molecule has 0 radical (unpaired) electrons. The van der Waals surface area contributed by atoms with Crippen LogP contribution in [0.25, 0.3) is 0 Å². The van der Waals surface area contributed by atoms with Crippen LogP contribution in [0.2, 0.25) is 0 Å². The molecule has 132 valence electrons. The summed E-state index contributed by atoms with van der Waals surface area (Å²) >= 11 is 0. The lowest BCUT2D eigenvalue weighted by molar-refractivity contribution is -0.116. The third kappa shape index (κ3) is 5.60. The van der Waals surface area contributed by atoms with Crippen molar-refractivity contribution in [3.8, 4) is 0 Å². The van der Waals surface area contributed by atoms with E-state index in [0.29, 0.717) is 18.7 Å². The number of nitrogens with one attached hydrogen (secondary N) is 1. The normalized spacial score (nSPS) is 10.2. The number of carbonyl (C=O) groups is 2. The number of hydrogen-bond acceptors (Lipinski definition) is 3. The van der Waals surface area contributed by atoms with E-state index in [0.717, 1.165) is 16.7 Å². The third-order valence-electron chi connectivity index (χ3n) is 3.61. The van der Waals surface area contributed by atoms with Gasteiger partial charge in [-0.2, -0.15) is 5.10 Å². The molecule has 1 aromatic heterocycles. The van der Waals surface area contributed by atoms with Gasteiger partial charge in [0.05, 0.1) is 6.20 Å². The Morgan fingerprint density at radius 1 is 1.20 bits per heavy atom. The molecule has 0 saturated heterocycles. The van der Waals surface area contributed by atoms with Gasteiger partial charge >= 0.3 is 0 Å². The van der Waals surface area contributed by atoms with Crippen molar-refractivity contribution in [2.24, 2.45) is 7.05 Å². The van der Waals surface area contributed by atoms with Crippen molar-refractivity contribution in [2.45, 2.75) is 26.9 Å². The molecular formula is C19H24N4O2. The van der Waals surface area contributed by atoms with Crippen molar-refractivity contribution >= 4 is 11.8 Å². The number of carbonyl (C=O) groups excluding carboxylic acids is 2. The summed E-state index contributed by atoms with van der Waals surface area (Å²) in [6, 6.07) is 7.27. The molecule has 0 fully saturated rings. The van der Waals surface area contributed by atoms with E-state index in [1.807, 2.05) is 39.2 Å². The number of nitrogens with zero attached hydrogens (tertiary/aromatic N) is 3. The van der Waals surface area contributed by atoms with Gasteiger partial charge in [-0.15, -0.1) is 0 Å². The molecule has 0 spiro atoms. The zero-order chi connectivity index (χ0) is 18.4. The van der Waals surface area contributed by atoms with Crippen LogP contribution in [0.3, 0.4) is 0 Å². The van der Waals surface area contributed by atoms with Gasteiger partial charge in [-0.3, -0.25) is 14.3 Å². The Hall–Kier alpha value is -2.89. The molecule has 1 heterocycles. The van der Waals surface area contributed by atoms with E-state index in [-0.39, 0.29) is 11.8 Å². The van der Waals surface area contributed by atoms with Crippen LogP contribution < -0.4 is 5.32 Å². The topological polar surface area (TPSA) is 67.2 Å². The lowest BCUT2D eigenvalue weighted by atomic mass is 10.1. The smallest absolute Gasteiger partial charge is 0.253 e. The lowest BCUT2D eigenvalue weighted by Crippen LogP contribution is -2.26. The van der Waals surface area contributed by atoms with Crippen LogP contribution in [-0.2, 0) is 24.9 Å². The summed E-state index contributed by atoms with van der Waals surface area (Å²) in [5.74, 6) is -0.166. The molecule has 0 saturated carbocycles. The minimum atomic E-state index is -0.114. The van der Waals surface area contributed by atoms with Gasteiger partial charge in [0.1, 0.15) is 0 Å². The zero-order valence-electron chi connectivity index (χ0n) is 15.1. The molecule has 0 aliphatic carbocycles. The molecule has 2 rings (SSSR count). The number of rotatable bonds is 6. The summed E-state index contributed by atoms with van der Waals surface area (Å²) in [7, 11) is 3.61. The van der Waals surface area contributed by atoms with Crippen LogP contribution >= 0.6 is 0 Å². The van der Waals surface area contributed by atoms with Crippen LogP contribution in [0.4, 0.5) is 0 Å². The van der Waals surface area contributed by atoms with E-state index < -0.39 is 0 Å². The highest BCUT2D eigenvalue weighted by molar-refractivity contribution is 5.94. The predicted molar refractivity (Wildman–Crippen MR) is 96.7 cm³/mol. The van der Waals surface area contributed by atoms with E-state index in [4.69, 9.17) is 0 Å². The number of hydrogen-bond donors (Lipinski definition) is 1. The lowest BCUT2D eigenvalue weighted by Gasteiger charge is -2.16. The van der Waals surface area contributed by atoms with Crippen LogP contribution in [0.15, 0.2) is 48.3 Å². The Kier molecular flexibility index (Phi) is 6.11. The average Bonchev–Trinajstić information content (AvgIpc) is 2.97. The standard InChI is InChI=1S/C19H24N4O2/c1-14(2)9-18(24)20-10-15-5-7-17(8-6-15)19(25)22(3)12-16-11-21-23(4)13-16/h5-9,11,13H,10,12H2,1-4H3,(H,20,24). The molecule has 2 aromatic rings. The molecule has 0 bridgehead atoms. The third-order valence-corrected chi connectivity index (χ3v) is 3.61. The van der Waals surface area contributed by atoms with Crippen LogP contribution in [-0.4, -0.2) is 33.5 Å². The highest BCUT2D eigenvalue weighted by Gasteiger charge is 2.12. The number of aromatic nitrogens is 2. The summed E-state index contributed by atoms with van der Waals surface area (Å²) < 4.78 is 1.71. The highest BCUT2D eigenvalue weighted by Crippen LogP contribution is 2.10. The maximum absolute atomic E-state index is 12.5. The molecule has 25 heavy (non-hydrogen) atoms. The number of allylic oxidation sites excluding steroid dienone is 1. The zero-order valence-corrected chi connectivity index (χ0v) is 15.1. The van der Waals surface area contributed by atoms with Crippen LogP contribution in [0.5, 0.6) is 0 Å². The molecular weight excluding hydrogens is 316 g/mol. The fourth-order valence-electron chi connectivity index (χ4n) is 2.39. The SMILES string of the molecule is CC(C)=CC(=O)NCc1ccc(C(=O)N(C)Cc2cnn(C)c2)cc1. The van der Waals surface area contributed by atoms with Gasteiger partial charge in [0.15, 0.2) is 0 Å². The molecule has 1 aromatic carbocycles. The molecule has 6 nitrogen and oxygen atoms in total. The van der Waals surface area contributed by atoms with E-state index >= 15 is 0 Å². The fourth-order valence-corrected chi connectivity index (χ4v) is 2.39. The van der Waals surface area contributed by atoms with Gasteiger partial charge in [-0.25, -0.2) is 0 Å². The first-order valence-electron chi connectivity index (χ1n) is 8.10. The second-order valence-corrected chi connectivity index (χ2v) is 6.32. The first-order valence-corrected chi connectivity index (χ1v) is 8.10. The van der Waals surface area contributed by atoms with Gasteiger partial charge in [0.2, 0.25) is 5.91 Å². The average molecular weight is 340 g/mol. The summed E-state index contributed by atoms with van der Waals surface area (Å²) in [6.07, 6.45) is 5.20. The molecule has 0 aliphatic heterocycles. The Labute approximate surface area is 148 Å². The number of aryl methyl sites for hydroxylation is 1. The second kappa shape index (κ2) is 8.28. The quantitative estimate of drug-likeness (QED) is 0.820. The van der Waals surface area contributed by atoms with Gasteiger partial charge in [0, 0.05) is 50.6 Å². The van der Waals surface area contributed by atoms with E-state index in [2.05, 4.69) is 10.4 Å². The predicted octanol–water partition coefficient (Wildman–Crippen LogP) is 2.27. The van der Waals surface area contributed by atoms with Crippen LogP contribution in [0.1, 0.15) is 35.3 Å². The van der Waals surface area contributed by atoms with Crippen molar-refractivity contribution in [3.05, 3.63) is 65.0 Å². The van der Waals surface area contributed by atoms with E-state index in [9.17, 15) is 9.59 Å². The summed E-state index contributed by atoms with van der Waals surface area (Å²) in [5, 5.41) is 6.92. The van der Waals surface area contributed by atoms with E-state index in [1.54, 1.807) is 41.0 Å². The Morgan fingerprint density at radius 3 is 2.44 bits per heavy atom. The van der Waals surface area contributed by atoms with Crippen molar-refractivity contribution in [1.82, 2.24) is 20.0 Å². The molecule has 0 aliphatic rings. The minimum Gasteiger partial charge on any atom is -0.348 e. The monoisotopic (exact) mass is 340 g/mol. The van der Waals surface area contributed by atoms with Crippen molar-refractivity contribution < 1.29 is 9.59 Å². The molecule has 1 N–H and O–H groups in total. The molecule has 0 unspecified atom stereocenters. The summed E-state index contributed by atoms with van der Waals surface area (Å²) in [5.41, 5.74) is 3.50. The Balaban J connectivity index is 1.93. The van der Waals surface area contributed by atoms with Crippen molar-refractivity contribution in [3.63, 3.8) is 0 Å². The second-order valence-electron chi connectivity index (χ2n) is 6.32. The number of benzene rings is 1. The van der Waals surface area contributed by atoms with E-state index in [1.165, 1.54) is 0 Å². The Bertz CT molecular complexity index is 771. The maximum Gasteiger partial charge on any atom is 0.253 e. The molecule has 0 atom stereocenters. The van der Waals surface area contributed by atoms with Gasteiger partial charge in [0.25, 0.3) is 5.91 Å². The summed E-state index contributed by atoms with van der Waals surface area (Å²) in [6.45, 7) is 4.69. The molecule has 2 amide bonds. The maximum atomic E-state index is 12.5. The van der Waals surface area contributed by atoms with Crippen molar-refractivity contribution in [2.75, 3.05) is 7.05 Å². The highest BCUT2D eigenvalue weighted by atomic mass is 16.2. The van der Waals surface area contributed by atoms with Gasteiger partial charge in [-0.05, 0) is 31.5 Å². The van der Waals surface area contributed by atoms with Crippen LogP contribution in [0, 0.1) is 0 Å². The fraction of sp³-hybridized carbons (Fsp3) is 0.316. The van der Waals surface area contributed by atoms with Gasteiger partial charge < -0.3 is 10.2 Å². The largest absolute Gasteiger partial charge is 0.348 e. The molecule has 6 heteroatoms. The summed E-state index contributed by atoms with van der Waals surface area (Å²) in [4.78, 5) is 25.7. The number of amides is 2. The first-order chi connectivity index (χ1) is 11.8. The first kappa shape index (κ1) is 18.4.